The largest absolute Gasteiger partial charge is 0.294 e. The molecule has 0 aliphatic heterocycles. The molecule has 8 nitrogen and oxygen atoms in total. The zero-order chi connectivity index (χ0) is 23.8. The molecule has 0 fully saturated rings. The van der Waals surface area contributed by atoms with Gasteiger partial charge in [-0.3, -0.25) is 19.8 Å². The molecule has 0 saturated carbocycles. The van der Waals surface area contributed by atoms with Crippen molar-refractivity contribution in [3.63, 3.8) is 0 Å². The first-order chi connectivity index (χ1) is 16.5. The van der Waals surface area contributed by atoms with Crippen molar-refractivity contribution in [1.82, 2.24) is 29.5 Å². The molecule has 0 amide bonds. The fourth-order valence-corrected chi connectivity index (χ4v) is 4.35. The lowest BCUT2D eigenvalue weighted by Gasteiger charge is -2.16. The third-order valence-corrected chi connectivity index (χ3v) is 6.02. The van der Waals surface area contributed by atoms with E-state index in [1.807, 2.05) is 38.1 Å². The van der Waals surface area contributed by atoms with Gasteiger partial charge in [0.25, 0.3) is 11.1 Å². The third-order valence-electron chi connectivity index (χ3n) is 5.77. The summed E-state index contributed by atoms with van der Waals surface area (Å²) in [7, 11) is 0. The minimum atomic E-state index is -0.639. The summed E-state index contributed by atoms with van der Waals surface area (Å²) in [4.78, 5) is 35.9. The number of H-pyrrole nitrogens is 2. The van der Waals surface area contributed by atoms with Gasteiger partial charge in [0.2, 0.25) is 0 Å². The number of aromatic nitrogens is 6. The second kappa shape index (κ2) is 8.64. The van der Waals surface area contributed by atoms with E-state index in [-0.39, 0.29) is 11.1 Å². The lowest BCUT2D eigenvalue weighted by molar-refractivity contribution is 0.803. The predicted molar refractivity (Wildman–Crippen MR) is 130 cm³/mol. The topological polar surface area (TPSA) is 101 Å². The second-order valence-electron chi connectivity index (χ2n) is 7.94. The first-order valence-electron chi connectivity index (χ1n) is 10.7. The first-order valence-corrected chi connectivity index (χ1v) is 11.0. The number of hydrogen-bond acceptors (Lipinski definition) is 4. The summed E-state index contributed by atoms with van der Waals surface area (Å²) in [5.74, 6) is 0.293. The van der Waals surface area contributed by atoms with Crippen LogP contribution in [0.1, 0.15) is 34.0 Å². The lowest BCUT2D eigenvalue weighted by atomic mass is 9.85. The summed E-state index contributed by atoms with van der Waals surface area (Å²) < 4.78 is 2.79. The number of hydrogen-bond donors (Lipinski definition) is 2. The molecule has 5 aromatic rings. The molecule has 5 rings (SSSR count). The summed E-state index contributed by atoms with van der Waals surface area (Å²) in [6.07, 6.45) is 3.24. The Hall–Kier alpha value is -4.17. The third kappa shape index (κ3) is 3.68. The van der Waals surface area contributed by atoms with Crippen molar-refractivity contribution in [2.45, 2.75) is 19.8 Å². The van der Waals surface area contributed by atoms with Gasteiger partial charge in [-0.1, -0.05) is 35.9 Å². The molecular formula is C25H21ClN6O2. The van der Waals surface area contributed by atoms with Crippen LogP contribution in [-0.4, -0.2) is 29.5 Å². The summed E-state index contributed by atoms with van der Waals surface area (Å²) in [6.45, 7) is 3.64. The van der Waals surface area contributed by atoms with Gasteiger partial charge in [-0.05, 0) is 55.8 Å². The number of pyridine rings is 2. The van der Waals surface area contributed by atoms with Crippen LogP contribution in [0.2, 0.25) is 5.02 Å². The van der Waals surface area contributed by atoms with Crippen LogP contribution in [0.5, 0.6) is 0 Å². The molecule has 0 saturated heterocycles. The van der Waals surface area contributed by atoms with Crippen LogP contribution < -0.4 is 11.1 Å². The van der Waals surface area contributed by atoms with Crippen LogP contribution in [0.4, 0.5) is 0 Å². The Kier molecular flexibility index (Phi) is 5.51. The summed E-state index contributed by atoms with van der Waals surface area (Å²) in [5.41, 5.74) is 2.41. The molecule has 1 aromatic carbocycles. The number of nitrogens with zero attached hydrogens (tertiary/aromatic N) is 4. The van der Waals surface area contributed by atoms with Crippen molar-refractivity contribution in [3.8, 4) is 11.6 Å². The molecule has 9 heteroatoms. The molecule has 4 aromatic heterocycles. The van der Waals surface area contributed by atoms with Gasteiger partial charge < -0.3 is 0 Å². The summed E-state index contributed by atoms with van der Waals surface area (Å²) in [6, 6.07) is 17.8. The van der Waals surface area contributed by atoms with E-state index in [4.69, 9.17) is 11.6 Å². The SMILES string of the molecule is Cc1[nH]n(-c2ccccn2)c(=O)c1C(c1ccc(Cl)cc1)c1c(C)[nH]n(-c2ccccn2)c1=O. The van der Waals surface area contributed by atoms with Crippen molar-refractivity contribution in [2.75, 3.05) is 0 Å². The van der Waals surface area contributed by atoms with Gasteiger partial charge in [0.15, 0.2) is 11.6 Å². The smallest absolute Gasteiger partial charge is 0.277 e. The highest BCUT2D eigenvalue weighted by atomic mass is 35.5. The highest BCUT2D eigenvalue weighted by Gasteiger charge is 2.31. The van der Waals surface area contributed by atoms with Crippen LogP contribution in [0.3, 0.4) is 0 Å². The van der Waals surface area contributed by atoms with E-state index in [0.717, 1.165) is 5.56 Å². The molecule has 0 bridgehead atoms. The summed E-state index contributed by atoms with van der Waals surface area (Å²) in [5, 5.41) is 6.81. The fourth-order valence-electron chi connectivity index (χ4n) is 4.23. The molecule has 0 atom stereocenters. The predicted octanol–water partition coefficient (Wildman–Crippen LogP) is 3.89. The molecule has 34 heavy (non-hydrogen) atoms. The average Bonchev–Trinajstić information content (AvgIpc) is 3.32. The van der Waals surface area contributed by atoms with Gasteiger partial charge >= 0.3 is 0 Å². The number of nitrogens with one attached hydrogen (secondary N) is 2. The number of rotatable bonds is 5. The van der Waals surface area contributed by atoms with E-state index in [9.17, 15) is 9.59 Å². The Morgan fingerprint density at radius 3 is 1.62 bits per heavy atom. The van der Waals surface area contributed by atoms with Crippen LogP contribution in [0, 0.1) is 13.8 Å². The standard InChI is InChI=1S/C25H21ClN6O2/c1-15-21(24(33)31(29-15)19-7-3-5-13-27-19)23(17-9-11-18(26)12-10-17)22-16(2)30-32(25(22)34)20-8-4-6-14-28-20/h3-14,23,29-30H,1-2H3. The zero-order valence-corrected chi connectivity index (χ0v) is 19.2. The normalized spacial score (nSPS) is 11.3. The molecule has 4 heterocycles. The molecule has 2 N–H and O–H groups in total. The van der Waals surface area contributed by atoms with Crippen LogP contribution in [0.15, 0.2) is 82.6 Å². The van der Waals surface area contributed by atoms with E-state index in [0.29, 0.717) is 39.2 Å². The highest BCUT2D eigenvalue weighted by Crippen LogP contribution is 2.32. The highest BCUT2D eigenvalue weighted by molar-refractivity contribution is 6.30. The van der Waals surface area contributed by atoms with E-state index in [1.54, 1.807) is 48.8 Å². The van der Waals surface area contributed by atoms with Crippen LogP contribution in [0.25, 0.3) is 11.6 Å². The molecule has 0 aliphatic carbocycles. The first kappa shape index (κ1) is 21.7. The van der Waals surface area contributed by atoms with Crippen molar-refractivity contribution in [1.29, 1.82) is 0 Å². The van der Waals surface area contributed by atoms with Crippen LogP contribution in [-0.2, 0) is 0 Å². The molecule has 0 spiro atoms. The molecule has 170 valence electrons. The van der Waals surface area contributed by atoms with Gasteiger partial charge in [0.05, 0.1) is 11.1 Å². The quantitative estimate of drug-likeness (QED) is 0.405. The number of aryl methyl sites for hydroxylation is 2. The Balaban J connectivity index is 1.77. The van der Waals surface area contributed by atoms with Gasteiger partial charge in [0.1, 0.15) is 0 Å². The molecule has 0 aliphatic rings. The monoisotopic (exact) mass is 472 g/mol. The minimum absolute atomic E-state index is 0.277. The van der Waals surface area contributed by atoms with Crippen molar-refractivity contribution < 1.29 is 0 Å². The second-order valence-corrected chi connectivity index (χ2v) is 8.38. The van der Waals surface area contributed by atoms with E-state index >= 15 is 0 Å². The maximum Gasteiger partial charge on any atom is 0.277 e. The van der Waals surface area contributed by atoms with Crippen molar-refractivity contribution in [2.24, 2.45) is 0 Å². The zero-order valence-electron chi connectivity index (χ0n) is 18.5. The maximum absolute atomic E-state index is 13.7. The molecular weight excluding hydrogens is 452 g/mol. The van der Waals surface area contributed by atoms with Crippen molar-refractivity contribution >= 4 is 11.6 Å². The Morgan fingerprint density at radius 1 is 0.735 bits per heavy atom. The van der Waals surface area contributed by atoms with Gasteiger partial charge in [-0.25, -0.2) is 19.3 Å². The van der Waals surface area contributed by atoms with Gasteiger partial charge in [0, 0.05) is 34.7 Å². The number of benzene rings is 1. The molecule has 0 radical (unpaired) electrons. The van der Waals surface area contributed by atoms with E-state index in [2.05, 4.69) is 20.2 Å². The van der Waals surface area contributed by atoms with E-state index in [1.165, 1.54) is 9.36 Å². The van der Waals surface area contributed by atoms with Crippen LogP contribution >= 0.6 is 11.6 Å². The summed E-state index contributed by atoms with van der Waals surface area (Å²) >= 11 is 6.14. The minimum Gasteiger partial charge on any atom is -0.294 e. The average molecular weight is 473 g/mol. The maximum atomic E-state index is 13.7. The Labute approximate surface area is 199 Å². The Morgan fingerprint density at radius 2 is 1.21 bits per heavy atom. The number of halogens is 1. The van der Waals surface area contributed by atoms with Gasteiger partial charge in [-0.2, -0.15) is 0 Å². The fraction of sp³-hybridized carbons (Fsp3) is 0.120. The van der Waals surface area contributed by atoms with Gasteiger partial charge in [-0.15, -0.1) is 0 Å². The molecule has 0 unspecified atom stereocenters. The van der Waals surface area contributed by atoms with E-state index < -0.39 is 5.92 Å². The van der Waals surface area contributed by atoms with Crippen molar-refractivity contribution in [3.05, 3.63) is 127 Å². The Bertz CT molecular complexity index is 1470. The lowest BCUT2D eigenvalue weighted by Crippen LogP contribution is -2.25. The number of aromatic amines is 2.